The van der Waals surface area contributed by atoms with Crippen LogP contribution in [0.25, 0.3) is 0 Å². The molecule has 26 heavy (non-hydrogen) atoms. The van der Waals surface area contributed by atoms with E-state index in [1.807, 2.05) is 71.0 Å². The van der Waals surface area contributed by atoms with Crippen molar-refractivity contribution in [2.75, 3.05) is 7.11 Å². The van der Waals surface area contributed by atoms with Crippen LogP contribution >= 0.6 is 0 Å². The lowest BCUT2D eigenvalue weighted by atomic mass is 10.1. The summed E-state index contributed by atoms with van der Waals surface area (Å²) >= 11 is 0. The molecule has 0 atom stereocenters. The molecular weight excluding hydrogens is 330 g/mol. The second-order valence-electron chi connectivity index (χ2n) is 7.19. The van der Waals surface area contributed by atoms with Crippen molar-refractivity contribution in [1.82, 2.24) is 5.32 Å². The number of methoxy groups -OCH3 is 1. The average molecular weight is 357 g/mol. The summed E-state index contributed by atoms with van der Waals surface area (Å²) in [6, 6.07) is 11.5. The minimum absolute atomic E-state index is 0.402. The van der Waals surface area contributed by atoms with Gasteiger partial charge in [-0.2, -0.15) is 0 Å². The van der Waals surface area contributed by atoms with Crippen molar-refractivity contribution in [2.24, 2.45) is 0 Å². The van der Waals surface area contributed by atoms with Crippen LogP contribution in [0, 0.1) is 13.8 Å². The molecule has 5 nitrogen and oxygen atoms in total. The third-order valence-electron chi connectivity index (χ3n) is 3.64. The van der Waals surface area contributed by atoms with Gasteiger partial charge in [0.25, 0.3) is 0 Å². The monoisotopic (exact) mass is 357 g/mol. The number of benzene rings is 2. The van der Waals surface area contributed by atoms with Crippen molar-refractivity contribution in [3.63, 3.8) is 0 Å². The molecule has 5 heteroatoms. The largest absolute Gasteiger partial charge is 0.497 e. The summed E-state index contributed by atoms with van der Waals surface area (Å²) in [5.74, 6) is 2.35. The van der Waals surface area contributed by atoms with E-state index in [1.54, 1.807) is 7.11 Å². The predicted molar refractivity (Wildman–Crippen MR) is 102 cm³/mol. The Bertz CT molecular complexity index is 738. The number of carbonyl (C=O) groups is 1. The molecule has 0 saturated heterocycles. The van der Waals surface area contributed by atoms with Crippen LogP contribution in [0.3, 0.4) is 0 Å². The number of carbonyl (C=O) groups excluding carboxylic acids is 1. The topological polar surface area (TPSA) is 56.8 Å². The van der Waals surface area contributed by atoms with Gasteiger partial charge >= 0.3 is 6.09 Å². The first kappa shape index (κ1) is 19.6. The molecular formula is C21H27NO4. The maximum atomic E-state index is 11.8. The Morgan fingerprint density at radius 3 is 2.04 bits per heavy atom. The van der Waals surface area contributed by atoms with Crippen LogP contribution in [0.2, 0.25) is 0 Å². The zero-order valence-corrected chi connectivity index (χ0v) is 16.3. The minimum atomic E-state index is -0.508. The smallest absolute Gasteiger partial charge is 0.407 e. The average Bonchev–Trinajstić information content (AvgIpc) is 2.55. The highest BCUT2D eigenvalue weighted by atomic mass is 16.6. The summed E-state index contributed by atoms with van der Waals surface area (Å²) in [4.78, 5) is 11.8. The van der Waals surface area contributed by atoms with Gasteiger partial charge in [0.1, 0.15) is 22.8 Å². The summed E-state index contributed by atoms with van der Waals surface area (Å²) in [5, 5.41) is 2.78. The van der Waals surface area contributed by atoms with E-state index in [-0.39, 0.29) is 0 Å². The Labute approximate surface area is 155 Å². The lowest BCUT2D eigenvalue weighted by Crippen LogP contribution is -2.32. The molecule has 0 unspecified atom stereocenters. The highest BCUT2D eigenvalue weighted by molar-refractivity contribution is 5.67. The van der Waals surface area contributed by atoms with Gasteiger partial charge < -0.3 is 19.5 Å². The first-order chi connectivity index (χ1) is 12.2. The number of aryl methyl sites for hydroxylation is 2. The van der Waals surface area contributed by atoms with Gasteiger partial charge in [0.2, 0.25) is 0 Å². The van der Waals surface area contributed by atoms with Gasteiger partial charge in [-0.3, -0.25) is 0 Å². The second-order valence-corrected chi connectivity index (χ2v) is 7.19. The first-order valence-electron chi connectivity index (χ1n) is 8.57. The molecule has 1 N–H and O–H groups in total. The van der Waals surface area contributed by atoms with Crippen LogP contribution < -0.4 is 14.8 Å². The zero-order chi connectivity index (χ0) is 19.3. The van der Waals surface area contributed by atoms with E-state index in [4.69, 9.17) is 14.2 Å². The molecule has 0 heterocycles. The molecule has 0 spiro atoms. The number of alkyl carbamates (subject to hydrolysis) is 1. The highest BCUT2D eigenvalue weighted by Crippen LogP contribution is 2.30. The molecule has 0 radical (unpaired) electrons. The normalized spacial score (nSPS) is 11.0. The predicted octanol–water partition coefficient (Wildman–Crippen LogP) is 5.13. The van der Waals surface area contributed by atoms with Crippen LogP contribution in [0.4, 0.5) is 4.79 Å². The standard InChI is InChI=1S/C21H27NO4/c1-14-11-16(13-22-20(23)26-21(3,4)5)12-15(2)19(14)25-18-9-7-17(24-6)8-10-18/h7-12H,13H2,1-6H3,(H,22,23). The first-order valence-corrected chi connectivity index (χ1v) is 8.57. The van der Waals surface area contributed by atoms with E-state index in [0.717, 1.165) is 33.9 Å². The summed E-state index contributed by atoms with van der Waals surface area (Å²) in [6.45, 7) is 9.90. The molecule has 2 aromatic carbocycles. The van der Waals surface area contributed by atoms with Crippen molar-refractivity contribution in [3.05, 3.63) is 53.1 Å². The number of hydrogen-bond acceptors (Lipinski definition) is 4. The molecule has 0 saturated carbocycles. The van der Waals surface area contributed by atoms with Crippen molar-refractivity contribution in [3.8, 4) is 17.2 Å². The van der Waals surface area contributed by atoms with Crippen molar-refractivity contribution >= 4 is 6.09 Å². The van der Waals surface area contributed by atoms with Crippen molar-refractivity contribution < 1.29 is 19.0 Å². The van der Waals surface area contributed by atoms with Gasteiger partial charge in [-0.15, -0.1) is 0 Å². The Balaban J connectivity index is 2.06. The summed E-state index contributed by atoms with van der Waals surface area (Å²) in [6.07, 6.45) is -0.425. The fraction of sp³-hybridized carbons (Fsp3) is 0.381. The maximum absolute atomic E-state index is 11.8. The van der Waals surface area contributed by atoms with Crippen molar-refractivity contribution in [1.29, 1.82) is 0 Å². The van der Waals surface area contributed by atoms with E-state index < -0.39 is 11.7 Å². The Morgan fingerprint density at radius 1 is 1.00 bits per heavy atom. The van der Waals surface area contributed by atoms with Gasteiger partial charge in [-0.1, -0.05) is 12.1 Å². The number of rotatable bonds is 5. The second kappa shape index (κ2) is 8.13. The molecule has 2 aromatic rings. The number of amides is 1. The fourth-order valence-electron chi connectivity index (χ4n) is 2.55. The lowest BCUT2D eigenvalue weighted by Gasteiger charge is -2.20. The van der Waals surface area contributed by atoms with Gasteiger partial charge in [0.05, 0.1) is 7.11 Å². The van der Waals surface area contributed by atoms with E-state index >= 15 is 0 Å². The fourth-order valence-corrected chi connectivity index (χ4v) is 2.55. The molecule has 1 amide bonds. The third-order valence-corrected chi connectivity index (χ3v) is 3.64. The highest BCUT2D eigenvalue weighted by Gasteiger charge is 2.16. The molecule has 0 aliphatic carbocycles. The zero-order valence-electron chi connectivity index (χ0n) is 16.3. The molecule has 0 bridgehead atoms. The summed E-state index contributed by atoms with van der Waals surface area (Å²) < 4.78 is 16.4. The summed E-state index contributed by atoms with van der Waals surface area (Å²) in [5.41, 5.74) is 2.49. The van der Waals surface area contributed by atoms with Crippen LogP contribution in [0.15, 0.2) is 36.4 Å². The van der Waals surface area contributed by atoms with Crippen LogP contribution in [0.1, 0.15) is 37.5 Å². The van der Waals surface area contributed by atoms with Gasteiger partial charge in [0, 0.05) is 6.54 Å². The third kappa shape index (κ3) is 5.69. The van der Waals surface area contributed by atoms with Crippen LogP contribution in [-0.4, -0.2) is 18.8 Å². The van der Waals surface area contributed by atoms with Crippen molar-refractivity contribution in [2.45, 2.75) is 46.8 Å². The molecule has 2 rings (SSSR count). The quantitative estimate of drug-likeness (QED) is 0.806. The molecule has 140 valence electrons. The minimum Gasteiger partial charge on any atom is -0.497 e. The Kier molecular flexibility index (Phi) is 6.14. The van der Waals surface area contributed by atoms with E-state index in [2.05, 4.69) is 5.32 Å². The van der Waals surface area contributed by atoms with Crippen LogP contribution in [-0.2, 0) is 11.3 Å². The van der Waals surface area contributed by atoms with Gasteiger partial charge in [-0.05, 0) is 75.6 Å². The Hall–Kier alpha value is -2.69. The number of nitrogens with one attached hydrogen (secondary N) is 1. The van der Waals surface area contributed by atoms with Crippen LogP contribution in [0.5, 0.6) is 17.2 Å². The lowest BCUT2D eigenvalue weighted by molar-refractivity contribution is 0.0523. The summed E-state index contributed by atoms with van der Waals surface area (Å²) in [7, 11) is 1.63. The maximum Gasteiger partial charge on any atom is 0.407 e. The molecule has 0 aliphatic heterocycles. The van der Waals surface area contributed by atoms with Gasteiger partial charge in [0.15, 0.2) is 0 Å². The Morgan fingerprint density at radius 2 is 1.54 bits per heavy atom. The van der Waals surface area contributed by atoms with E-state index in [1.165, 1.54) is 0 Å². The molecule has 0 aromatic heterocycles. The number of hydrogen-bond donors (Lipinski definition) is 1. The van der Waals surface area contributed by atoms with E-state index in [0.29, 0.717) is 6.54 Å². The van der Waals surface area contributed by atoms with E-state index in [9.17, 15) is 4.79 Å². The SMILES string of the molecule is COc1ccc(Oc2c(C)cc(CNC(=O)OC(C)(C)C)cc2C)cc1. The number of ether oxygens (including phenoxy) is 3. The van der Waals surface area contributed by atoms with Gasteiger partial charge in [-0.25, -0.2) is 4.79 Å². The molecule has 0 fully saturated rings. The molecule has 0 aliphatic rings.